The van der Waals surface area contributed by atoms with Gasteiger partial charge in [0.1, 0.15) is 5.78 Å². The van der Waals surface area contributed by atoms with Crippen molar-refractivity contribution < 1.29 is 4.79 Å². The van der Waals surface area contributed by atoms with E-state index >= 15 is 0 Å². The highest BCUT2D eigenvalue weighted by atomic mass is 32.2. The first-order valence-electron chi connectivity index (χ1n) is 5.06. The van der Waals surface area contributed by atoms with Gasteiger partial charge in [-0.1, -0.05) is 18.2 Å². The van der Waals surface area contributed by atoms with Gasteiger partial charge in [-0.15, -0.1) is 11.8 Å². The normalized spacial score (nSPS) is 10.4. The minimum Gasteiger partial charge on any atom is -0.299 e. The van der Waals surface area contributed by atoms with E-state index in [1.54, 1.807) is 18.7 Å². The van der Waals surface area contributed by atoms with E-state index in [4.69, 9.17) is 0 Å². The van der Waals surface area contributed by atoms with Gasteiger partial charge in [0.25, 0.3) is 0 Å². The minimum absolute atomic E-state index is 0.227. The van der Waals surface area contributed by atoms with Crippen molar-refractivity contribution in [3.05, 3.63) is 34.9 Å². The van der Waals surface area contributed by atoms with E-state index in [1.165, 1.54) is 16.7 Å². The third-order valence-electron chi connectivity index (χ3n) is 2.05. The van der Waals surface area contributed by atoms with Crippen molar-refractivity contribution in [2.75, 3.05) is 5.75 Å². The number of hydrogen-bond donors (Lipinski definition) is 2. The summed E-state index contributed by atoms with van der Waals surface area (Å²) >= 11 is 10.2. The fraction of sp³-hybridized carbons (Fsp3) is 0.417. The van der Waals surface area contributed by atoms with Crippen LogP contribution in [0, 0.1) is 0 Å². The topological polar surface area (TPSA) is 17.1 Å². The quantitative estimate of drug-likeness (QED) is 0.773. The Labute approximate surface area is 112 Å². The fourth-order valence-corrected chi connectivity index (χ4v) is 2.57. The van der Waals surface area contributed by atoms with Crippen LogP contribution < -0.4 is 0 Å². The predicted molar refractivity (Wildman–Crippen MR) is 78.7 cm³/mol. The van der Waals surface area contributed by atoms with E-state index in [0.717, 1.165) is 17.3 Å². The molecule has 0 aliphatic heterocycles. The summed E-state index contributed by atoms with van der Waals surface area (Å²) in [5.74, 6) is 3.17. The maximum Gasteiger partial charge on any atom is 0.139 e. The standard InChI is InChI=1S/C12H16OS3/c1-9(13)7-16-8-12-3-10(5-14)2-11(4-12)6-15/h2-4,14-15H,5-8H2,1H3. The third-order valence-corrected chi connectivity index (χ3v) is 3.93. The Morgan fingerprint density at radius 3 is 2.06 bits per heavy atom. The number of Topliss-reactive ketones (excluding diaryl/α,β-unsaturated/α-hetero) is 1. The molecule has 0 atom stereocenters. The smallest absolute Gasteiger partial charge is 0.139 e. The van der Waals surface area contributed by atoms with Crippen LogP contribution in [0.5, 0.6) is 0 Å². The van der Waals surface area contributed by atoms with Gasteiger partial charge < -0.3 is 0 Å². The second-order valence-corrected chi connectivity index (χ2v) is 5.29. The molecule has 0 aliphatic rings. The summed E-state index contributed by atoms with van der Waals surface area (Å²) in [6.45, 7) is 1.62. The van der Waals surface area contributed by atoms with E-state index in [0.29, 0.717) is 5.75 Å². The first-order chi connectivity index (χ1) is 7.65. The van der Waals surface area contributed by atoms with E-state index < -0.39 is 0 Å². The molecule has 0 amide bonds. The maximum atomic E-state index is 10.8. The predicted octanol–water partition coefficient (Wildman–Crippen LogP) is 3.37. The molecule has 88 valence electrons. The summed E-state index contributed by atoms with van der Waals surface area (Å²) in [6.07, 6.45) is 0. The average Bonchev–Trinajstić information content (AvgIpc) is 2.28. The molecule has 0 N–H and O–H groups in total. The van der Waals surface area contributed by atoms with Crippen LogP contribution in [0.1, 0.15) is 23.6 Å². The first-order valence-corrected chi connectivity index (χ1v) is 7.48. The van der Waals surface area contributed by atoms with E-state index in [9.17, 15) is 4.79 Å². The van der Waals surface area contributed by atoms with Gasteiger partial charge in [-0.25, -0.2) is 0 Å². The van der Waals surface area contributed by atoms with Crippen molar-refractivity contribution in [2.45, 2.75) is 24.2 Å². The van der Waals surface area contributed by atoms with E-state index in [1.807, 2.05) is 0 Å². The van der Waals surface area contributed by atoms with Crippen molar-refractivity contribution in [3.63, 3.8) is 0 Å². The van der Waals surface area contributed by atoms with Crippen LogP contribution in [0.4, 0.5) is 0 Å². The monoisotopic (exact) mass is 272 g/mol. The number of benzene rings is 1. The molecule has 1 nitrogen and oxygen atoms in total. The molecule has 16 heavy (non-hydrogen) atoms. The highest BCUT2D eigenvalue weighted by Gasteiger charge is 2.01. The average molecular weight is 272 g/mol. The molecule has 0 fully saturated rings. The zero-order valence-electron chi connectivity index (χ0n) is 9.27. The number of carbonyl (C=O) groups excluding carboxylic acids is 1. The van der Waals surface area contributed by atoms with Crippen LogP contribution >= 0.6 is 37.0 Å². The van der Waals surface area contributed by atoms with E-state index in [-0.39, 0.29) is 5.78 Å². The Kier molecular flexibility index (Phi) is 6.39. The Bertz CT molecular complexity index is 341. The van der Waals surface area contributed by atoms with Crippen LogP contribution in [0.3, 0.4) is 0 Å². The van der Waals surface area contributed by atoms with Crippen molar-refractivity contribution in [1.82, 2.24) is 0 Å². The van der Waals surface area contributed by atoms with Gasteiger partial charge in [0, 0.05) is 17.3 Å². The van der Waals surface area contributed by atoms with Crippen molar-refractivity contribution in [3.8, 4) is 0 Å². The number of hydrogen-bond acceptors (Lipinski definition) is 4. The molecular formula is C12H16OS3. The largest absolute Gasteiger partial charge is 0.299 e. The molecule has 1 aromatic rings. The van der Waals surface area contributed by atoms with Crippen LogP contribution in [0.15, 0.2) is 18.2 Å². The molecule has 0 heterocycles. The van der Waals surface area contributed by atoms with Gasteiger partial charge in [0.05, 0.1) is 5.75 Å². The summed E-state index contributed by atoms with van der Waals surface area (Å²) in [5, 5.41) is 0. The summed E-state index contributed by atoms with van der Waals surface area (Å²) in [7, 11) is 0. The number of thioether (sulfide) groups is 1. The van der Waals surface area contributed by atoms with Crippen LogP contribution in [-0.2, 0) is 22.1 Å². The molecule has 0 bridgehead atoms. The molecule has 0 saturated carbocycles. The summed E-state index contributed by atoms with van der Waals surface area (Å²) in [4.78, 5) is 10.8. The van der Waals surface area contributed by atoms with Crippen LogP contribution in [-0.4, -0.2) is 11.5 Å². The SMILES string of the molecule is CC(=O)CSCc1cc(CS)cc(CS)c1. The molecule has 0 aromatic heterocycles. The zero-order chi connectivity index (χ0) is 12.0. The molecule has 1 rings (SSSR count). The van der Waals surface area contributed by atoms with Gasteiger partial charge in [0.2, 0.25) is 0 Å². The van der Waals surface area contributed by atoms with Gasteiger partial charge in [0.15, 0.2) is 0 Å². The lowest BCUT2D eigenvalue weighted by molar-refractivity contribution is -0.114. The first kappa shape index (κ1) is 14.0. The zero-order valence-corrected chi connectivity index (χ0v) is 11.9. The highest BCUT2D eigenvalue weighted by Crippen LogP contribution is 2.18. The number of rotatable bonds is 6. The number of carbonyl (C=O) groups is 1. The molecule has 4 heteroatoms. The minimum atomic E-state index is 0.227. The molecule has 1 aromatic carbocycles. The van der Waals surface area contributed by atoms with E-state index in [2.05, 4.69) is 43.5 Å². The Morgan fingerprint density at radius 1 is 1.12 bits per heavy atom. The second-order valence-electron chi connectivity index (χ2n) is 3.67. The summed E-state index contributed by atoms with van der Waals surface area (Å²) in [5.41, 5.74) is 3.68. The van der Waals surface area contributed by atoms with Crippen LogP contribution in [0.25, 0.3) is 0 Å². The van der Waals surface area contributed by atoms with Gasteiger partial charge in [-0.2, -0.15) is 25.3 Å². The summed E-state index contributed by atoms with van der Waals surface area (Å²) in [6, 6.07) is 6.42. The van der Waals surface area contributed by atoms with Crippen molar-refractivity contribution >= 4 is 42.8 Å². The maximum absolute atomic E-state index is 10.8. The number of ketones is 1. The number of thiol groups is 2. The molecular weight excluding hydrogens is 256 g/mol. The lowest BCUT2D eigenvalue weighted by atomic mass is 10.1. The van der Waals surface area contributed by atoms with Gasteiger partial charge in [-0.05, 0) is 23.6 Å². The summed E-state index contributed by atoms with van der Waals surface area (Å²) < 4.78 is 0. The van der Waals surface area contributed by atoms with Crippen molar-refractivity contribution in [1.29, 1.82) is 0 Å². The lowest BCUT2D eigenvalue weighted by Gasteiger charge is -2.06. The molecule has 0 unspecified atom stereocenters. The lowest BCUT2D eigenvalue weighted by Crippen LogP contribution is -1.95. The Balaban J connectivity index is 2.67. The Morgan fingerprint density at radius 2 is 1.62 bits per heavy atom. The highest BCUT2D eigenvalue weighted by molar-refractivity contribution is 7.99. The molecule has 0 spiro atoms. The van der Waals surface area contributed by atoms with Crippen LogP contribution in [0.2, 0.25) is 0 Å². The van der Waals surface area contributed by atoms with Gasteiger partial charge >= 0.3 is 0 Å². The molecule has 0 saturated heterocycles. The fourth-order valence-electron chi connectivity index (χ4n) is 1.42. The molecule has 0 radical (unpaired) electrons. The van der Waals surface area contributed by atoms with Crippen molar-refractivity contribution in [2.24, 2.45) is 0 Å². The van der Waals surface area contributed by atoms with Gasteiger partial charge in [-0.3, -0.25) is 4.79 Å². The molecule has 0 aliphatic carbocycles. The third kappa shape index (κ3) is 4.85. The Hall–Kier alpha value is -0.0600. The second kappa shape index (κ2) is 7.30.